The van der Waals surface area contributed by atoms with Gasteiger partial charge >= 0.3 is 19.9 Å². The predicted molar refractivity (Wildman–Crippen MR) is 158 cm³/mol. The van der Waals surface area contributed by atoms with E-state index >= 15 is 0 Å². The first-order valence-electron chi connectivity index (χ1n) is 13.5. The third-order valence-corrected chi connectivity index (χ3v) is 17.7. The quantitative estimate of drug-likeness (QED) is 0.282. The molecule has 11 nitrogen and oxygen atoms in total. The highest BCUT2D eigenvalue weighted by Gasteiger charge is 2.56. The Kier molecular flexibility index (Phi) is 10.4. The van der Waals surface area contributed by atoms with Crippen molar-refractivity contribution >= 4 is 30.9 Å². The molecule has 0 bridgehead atoms. The normalized spacial score (nSPS) is 23.3. The van der Waals surface area contributed by atoms with Gasteiger partial charge in [0.15, 0.2) is 29.0 Å². The fraction of sp³-hybridized carbons (Fsp3) is 0.808. The third kappa shape index (κ3) is 8.30. The second-order valence-electron chi connectivity index (χ2n) is 14.4. The van der Waals surface area contributed by atoms with Gasteiger partial charge in [0.25, 0.3) is 5.56 Å². The number of hydrogen-bond donors (Lipinski definition) is 1. The highest BCUT2D eigenvalue weighted by atomic mass is 31.1. The van der Waals surface area contributed by atoms with Crippen molar-refractivity contribution in [1.29, 1.82) is 0 Å². The summed E-state index contributed by atoms with van der Waals surface area (Å²) in [4.78, 5) is 39.4. The van der Waals surface area contributed by atoms with Crippen LogP contribution in [0.3, 0.4) is 0 Å². The maximum absolute atomic E-state index is 13.1. The van der Waals surface area contributed by atoms with E-state index in [4.69, 9.17) is 22.6 Å². The molecule has 1 saturated heterocycles. The van der Waals surface area contributed by atoms with E-state index in [9.17, 15) is 18.9 Å². The zero-order valence-electron chi connectivity index (χ0n) is 26.2. The Morgan fingerprint density at radius 2 is 1.52 bits per heavy atom. The molecule has 0 saturated carbocycles. The molecule has 14 heteroatoms. The van der Waals surface area contributed by atoms with Crippen LogP contribution in [0.4, 0.5) is 0 Å². The molecule has 1 unspecified atom stereocenters. The van der Waals surface area contributed by atoms with Crippen molar-refractivity contribution in [3.8, 4) is 0 Å². The minimum Gasteiger partial charge on any atom is -0.414 e. The summed E-state index contributed by atoms with van der Waals surface area (Å²) in [5.41, 5.74) is -2.13. The lowest BCUT2D eigenvalue weighted by Crippen LogP contribution is -2.50. The zero-order chi connectivity index (χ0) is 31.1. The van der Waals surface area contributed by atoms with Crippen LogP contribution in [0.5, 0.6) is 0 Å². The molecule has 0 spiro atoms. The van der Waals surface area contributed by atoms with Gasteiger partial charge in [-0.1, -0.05) is 41.5 Å². The number of nitrogens with one attached hydrogen (secondary N) is 1. The standard InChI is InChI=1S/C26H47N2O9PSi2/c1-24(2,3)22(30)36-38(32)35-19-17(16-33-39(10,11)25(4,5)6)34-21(28-15-14-18(29)27-23(28)31)20(19)37-40(12,13)26(7,8)9/h14-15,17,19-21H,16H2,1-13H3/p+1/t17-,19-,20-,21-/m1/s1. The van der Waals surface area contributed by atoms with Crippen LogP contribution < -0.4 is 11.2 Å². The molecule has 0 aromatic carbocycles. The molecule has 1 aromatic heterocycles. The number of nitrogens with zero attached hydrogens (tertiary/aromatic N) is 1. The van der Waals surface area contributed by atoms with E-state index < -0.39 is 72.1 Å². The summed E-state index contributed by atoms with van der Waals surface area (Å²) in [6.07, 6.45) is -2.45. The number of carbonyl (C=O) groups is 1. The zero-order valence-corrected chi connectivity index (χ0v) is 29.1. The van der Waals surface area contributed by atoms with E-state index in [0.717, 1.165) is 0 Å². The Morgan fingerprint density at radius 3 is 2.00 bits per heavy atom. The van der Waals surface area contributed by atoms with E-state index in [2.05, 4.69) is 59.6 Å². The highest BCUT2D eigenvalue weighted by molar-refractivity contribution is 7.34. The lowest BCUT2D eigenvalue weighted by molar-refractivity contribution is -0.143. The van der Waals surface area contributed by atoms with Gasteiger partial charge in [0.05, 0.1) is 12.0 Å². The van der Waals surface area contributed by atoms with Crippen LogP contribution in [0.25, 0.3) is 0 Å². The van der Waals surface area contributed by atoms with E-state index in [1.807, 2.05) is 13.1 Å². The van der Waals surface area contributed by atoms with Crippen molar-refractivity contribution in [2.45, 2.75) is 123 Å². The molecule has 0 amide bonds. The largest absolute Gasteiger partial charge is 0.753 e. The Hall–Kier alpha value is -1.48. The van der Waals surface area contributed by atoms with Gasteiger partial charge < -0.3 is 13.6 Å². The Morgan fingerprint density at radius 1 is 0.975 bits per heavy atom. The third-order valence-electron chi connectivity index (χ3n) is 8.04. The summed E-state index contributed by atoms with van der Waals surface area (Å²) < 4.78 is 44.9. The van der Waals surface area contributed by atoms with Gasteiger partial charge in [-0.3, -0.25) is 14.3 Å². The molecule has 0 radical (unpaired) electrons. The Balaban J connectivity index is 2.58. The molecule has 1 fully saturated rings. The molecule has 2 heterocycles. The molecule has 1 aliphatic rings. The summed E-state index contributed by atoms with van der Waals surface area (Å²) in [6.45, 7) is 25.8. The van der Waals surface area contributed by atoms with Crippen LogP contribution in [-0.4, -0.2) is 57.1 Å². The first kappa shape index (κ1) is 34.7. The molecule has 0 aliphatic carbocycles. The molecule has 1 aliphatic heterocycles. The van der Waals surface area contributed by atoms with Gasteiger partial charge in [-0.05, 0) is 57.0 Å². The second kappa shape index (κ2) is 12.0. The molecule has 2 rings (SSSR count). The monoisotopic (exact) mass is 619 g/mol. The lowest BCUT2D eigenvalue weighted by Gasteiger charge is -2.40. The Bertz CT molecular complexity index is 1190. The summed E-state index contributed by atoms with van der Waals surface area (Å²) in [6, 6.07) is 1.22. The van der Waals surface area contributed by atoms with Crippen molar-refractivity contribution in [1.82, 2.24) is 9.55 Å². The van der Waals surface area contributed by atoms with Crippen LogP contribution in [0.1, 0.15) is 68.5 Å². The number of hydrogen-bond acceptors (Lipinski definition) is 9. The van der Waals surface area contributed by atoms with Crippen LogP contribution in [0.2, 0.25) is 36.3 Å². The summed E-state index contributed by atoms with van der Waals surface area (Å²) in [5.74, 6) is -0.683. The van der Waals surface area contributed by atoms with Gasteiger partial charge in [0.1, 0.15) is 12.2 Å². The number of aromatic nitrogens is 2. The Labute approximate surface area is 240 Å². The number of H-pyrrole nitrogens is 1. The maximum atomic E-state index is 13.1. The van der Waals surface area contributed by atoms with Gasteiger partial charge in [-0.2, -0.15) is 4.52 Å². The van der Waals surface area contributed by atoms with Crippen molar-refractivity contribution < 1.29 is 32.0 Å². The maximum Gasteiger partial charge on any atom is 0.753 e. The number of aromatic amines is 1. The second-order valence-corrected chi connectivity index (χ2v) is 24.8. The first-order valence-corrected chi connectivity index (χ1v) is 20.4. The molecular weight excluding hydrogens is 571 g/mol. The van der Waals surface area contributed by atoms with E-state index in [-0.39, 0.29) is 16.7 Å². The van der Waals surface area contributed by atoms with Gasteiger partial charge in [-0.15, -0.1) is 4.52 Å². The van der Waals surface area contributed by atoms with Gasteiger partial charge in [0, 0.05) is 16.8 Å². The number of rotatable bonds is 9. The molecule has 228 valence electrons. The van der Waals surface area contributed by atoms with Crippen molar-refractivity contribution in [3.05, 3.63) is 33.1 Å². The van der Waals surface area contributed by atoms with Crippen LogP contribution >= 0.6 is 8.25 Å². The van der Waals surface area contributed by atoms with Crippen molar-refractivity contribution in [2.24, 2.45) is 5.41 Å². The van der Waals surface area contributed by atoms with Crippen LogP contribution in [0.15, 0.2) is 21.9 Å². The smallest absolute Gasteiger partial charge is 0.414 e. The average Bonchev–Trinajstić information content (AvgIpc) is 3.06. The van der Waals surface area contributed by atoms with E-state index in [1.165, 1.54) is 16.8 Å². The molecule has 40 heavy (non-hydrogen) atoms. The van der Waals surface area contributed by atoms with Crippen molar-refractivity contribution in [3.63, 3.8) is 0 Å². The summed E-state index contributed by atoms with van der Waals surface area (Å²) in [5, 5.41) is -0.323. The molecule has 5 atom stereocenters. The topological polar surface area (TPSA) is 135 Å². The molecular formula is C26H48N2O9PSi2+. The SMILES string of the molecule is CC(C)(C)C(=O)O[P+](=O)O[C@H]1[C@@H](O[Si](C)(C)C(C)(C)C)[C@H](n2ccc(=O)[nH]c2=O)O[C@@H]1CO[Si](C)(C)C(C)(C)C. The van der Waals surface area contributed by atoms with E-state index in [1.54, 1.807) is 20.8 Å². The predicted octanol–water partition coefficient (Wildman–Crippen LogP) is 5.48. The van der Waals surface area contributed by atoms with Gasteiger partial charge in [0.2, 0.25) is 0 Å². The highest BCUT2D eigenvalue weighted by Crippen LogP contribution is 2.45. The van der Waals surface area contributed by atoms with Crippen molar-refractivity contribution in [2.75, 3.05) is 6.61 Å². The minimum absolute atomic E-state index is 0.0729. The average molecular weight is 620 g/mol. The van der Waals surface area contributed by atoms with Crippen LogP contribution in [0, 0.1) is 5.41 Å². The summed E-state index contributed by atoms with van der Waals surface area (Å²) in [7, 11) is -7.70. The fourth-order valence-corrected chi connectivity index (χ4v) is 6.50. The lowest BCUT2D eigenvalue weighted by atomic mass is 9.98. The number of carbonyl (C=O) groups excluding carboxylic acids is 1. The summed E-state index contributed by atoms with van der Waals surface area (Å²) >= 11 is 0. The minimum atomic E-state index is -2.91. The van der Waals surface area contributed by atoms with Gasteiger partial charge in [-0.25, -0.2) is 9.59 Å². The fourth-order valence-electron chi connectivity index (χ4n) is 3.30. The number of ether oxygens (including phenoxy) is 1. The molecule has 1 N–H and O–H groups in total. The van der Waals surface area contributed by atoms with E-state index in [0.29, 0.717) is 0 Å². The first-order chi connectivity index (χ1) is 17.9. The van der Waals surface area contributed by atoms with Crippen LogP contribution in [-0.2, 0) is 32.0 Å². The molecule has 1 aromatic rings.